The van der Waals surface area contributed by atoms with E-state index >= 15 is 0 Å². The minimum absolute atomic E-state index is 0.145. The molecular weight excluding hydrogens is 236 g/mol. The fraction of sp³-hybridized carbons (Fsp3) is 0.250. The quantitative estimate of drug-likeness (QED) is 0.761. The van der Waals surface area contributed by atoms with Crippen molar-refractivity contribution in [1.82, 2.24) is 10.1 Å². The Morgan fingerprint density at radius 2 is 2.22 bits per heavy atom. The molecule has 0 fully saturated rings. The number of aliphatic carboxylic acids is 1. The lowest BCUT2D eigenvalue weighted by atomic mass is 10.2. The predicted octanol–water partition coefficient (Wildman–Crippen LogP) is 0.428. The maximum absolute atomic E-state index is 10.3. The molecule has 0 atom stereocenters. The van der Waals surface area contributed by atoms with E-state index < -0.39 is 5.97 Å². The molecule has 0 unspecified atom stereocenters. The third-order valence-electron chi connectivity index (χ3n) is 2.36. The van der Waals surface area contributed by atoms with Crippen LogP contribution in [0.15, 0.2) is 28.8 Å². The molecule has 94 valence electrons. The van der Waals surface area contributed by atoms with E-state index in [4.69, 9.17) is 9.26 Å². The van der Waals surface area contributed by atoms with Gasteiger partial charge in [0.05, 0.1) is 12.7 Å². The zero-order valence-corrected chi connectivity index (χ0v) is 9.75. The maximum Gasteiger partial charge on any atom is 0.227 e. The summed E-state index contributed by atoms with van der Waals surface area (Å²) in [5.74, 6) is 0.123. The van der Waals surface area contributed by atoms with Crippen LogP contribution in [-0.4, -0.2) is 23.2 Å². The molecule has 1 aromatic heterocycles. The number of aromatic nitrogens is 2. The van der Waals surface area contributed by atoms with Crippen LogP contribution in [0.1, 0.15) is 12.3 Å². The number of hydrogen-bond donors (Lipinski definition) is 0. The maximum atomic E-state index is 10.3. The van der Waals surface area contributed by atoms with Gasteiger partial charge in [0.25, 0.3) is 0 Å². The number of ether oxygens (including phenoxy) is 1. The summed E-state index contributed by atoms with van der Waals surface area (Å²) in [5.41, 5.74) is 0.698. The molecule has 2 rings (SSSR count). The molecule has 18 heavy (non-hydrogen) atoms. The van der Waals surface area contributed by atoms with E-state index in [0.717, 1.165) is 0 Å². The van der Waals surface area contributed by atoms with Gasteiger partial charge in [-0.05, 0) is 18.6 Å². The topological polar surface area (TPSA) is 88.3 Å². The highest BCUT2D eigenvalue weighted by atomic mass is 16.5. The lowest BCUT2D eigenvalue weighted by molar-refractivity contribution is -0.305. The Morgan fingerprint density at radius 1 is 1.44 bits per heavy atom. The van der Waals surface area contributed by atoms with Crippen LogP contribution in [0.3, 0.4) is 0 Å². The molecule has 6 heteroatoms. The van der Waals surface area contributed by atoms with Crippen LogP contribution in [0.5, 0.6) is 5.75 Å². The molecule has 0 saturated carbocycles. The Morgan fingerprint density at radius 3 is 2.94 bits per heavy atom. The molecule has 1 heterocycles. The molecule has 0 aliphatic carbocycles. The van der Waals surface area contributed by atoms with Crippen molar-refractivity contribution in [2.45, 2.75) is 12.8 Å². The molecule has 0 aliphatic rings. The summed E-state index contributed by atoms with van der Waals surface area (Å²) in [5, 5.41) is 14.1. The Balaban J connectivity index is 2.21. The van der Waals surface area contributed by atoms with Crippen molar-refractivity contribution in [3.63, 3.8) is 0 Å². The van der Waals surface area contributed by atoms with Gasteiger partial charge < -0.3 is 19.2 Å². The predicted molar refractivity (Wildman–Crippen MR) is 59.6 cm³/mol. The van der Waals surface area contributed by atoms with Gasteiger partial charge >= 0.3 is 0 Å². The normalized spacial score (nSPS) is 10.3. The van der Waals surface area contributed by atoms with Crippen molar-refractivity contribution in [3.05, 3.63) is 30.2 Å². The van der Waals surface area contributed by atoms with Crippen molar-refractivity contribution in [1.29, 1.82) is 0 Å². The number of carboxylic acid groups (broad SMARTS) is 1. The van der Waals surface area contributed by atoms with Gasteiger partial charge in [0, 0.05) is 12.4 Å². The van der Waals surface area contributed by atoms with E-state index in [-0.39, 0.29) is 18.7 Å². The van der Waals surface area contributed by atoms with Crippen LogP contribution < -0.4 is 9.84 Å². The number of methoxy groups -OCH3 is 1. The lowest BCUT2D eigenvalue weighted by Gasteiger charge is -2.03. The van der Waals surface area contributed by atoms with Crippen LogP contribution in [-0.2, 0) is 11.2 Å². The standard InChI is InChI=1S/C12H12N2O4/c1-17-9-5-3-2-4-8(9)12-13-10(18-14-12)6-7-11(15)16/h2-5H,6-7H2,1H3,(H,15,16)/p-1. The fourth-order valence-corrected chi connectivity index (χ4v) is 1.50. The molecule has 1 aromatic carbocycles. The second kappa shape index (κ2) is 5.31. The Hall–Kier alpha value is -2.37. The van der Waals surface area contributed by atoms with Gasteiger partial charge in [-0.25, -0.2) is 0 Å². The van der Waals surface area contributed by atoms with E-state index in [9.17, 15) is 9.90 Å². The molecule has 0 N–H and O–H groups in total. The van der Waals surface area contributed by atoms with E-state index in [1.54, 1.807) is 19.2 Å². The third-order valence-corrected chi connectivity index (χ3v) is 2.36. The van der Waals surface area contributed by atoms with Gasteiger partial charge in [0.15, 0.2) is 0 Å². The summed E-state index contributed by atoms with van der Waals surface area (Å²) >= 11 is 0. The highest BCUT2D eigenvalue weighted by molar-refractivity contribution is 5.65. The highest BCUT2D eigenvalue weighted by Crippen LogP contribution is 2.27. The molecule has 0 spiro atoms. The van der Waals surface area contributed by atoms with E-state index in [1.807, 2.05) is 12.1 Å². The van der Waals surface area contributed by atoms with Crippen molar-refractivity contribution < 1.29 is 19.2 Å². The number of carbonyl (C=O) groups is 1. The smallest absolute Gasteiger partial charge is 0.227 e. The van der Waals surface area contributed by atoms with Crippen molar-refractivity contribution in [2.24, 2.45) is 0 Å². The summed E-state index contributed by atoms with van der Waals surface area (Å²) in [4.78, 5) is 14.4. The Kier molecular flexibility index (Phi) is 3.57. The largest absolute Gasteiger partial charge is 0.550 e. The Bertz CT molecular complexity index is 551. The summed E-state index contributed by atoms with van der Waals surface area (Å²) in [6, 6.07) is 7.24. The minimum Gasteiger partial charge on any atom is -0.550 e. The van der Waals surface area contributed by atoms with Crippen LogP contribution in [0.2, 0.25) is 0 Å². The number of aryl methyl sites for hydroxylation is 1. The zero-order chi connectivity index (χ0) is 13.0. The van der Waals surface area contributed by atoms with E-state index in [0.29, 0.717) is 17.1 Å². The summed E-state index contributed by atoms with van der Waals surface area (Å²) in [7, 11) is 1.55. The number of carbonyl (C=O) groups excluding carboxylic acids is 1. The average molecular weight is 247 g/mol. The highest BCUT2D eigenvalue weighted by Gasteiger charge is 2.12. The van der Waals surface area contributed by atoms with Gasteiger partial charge in [-0.1, -0.05) is 17.3 Å². The van der Waals surface area contributed by atoms with Gasteiger partial charge in [0.1, 0.15) is 5.75 Å². The minimum atomic E-state index is -1.15. The second-order valence-corrected chi connectivity index (χ2v) is 3.58. The van der Waals surface area contributed by atoms with Gasteiger partial charge in [-0.3, -0.25) is 0 Å². The van der Waals surface area contributed by atoms with Gasteiger partial charge in [-0.15, -0.1) is 0 Å². The fourth-order valence-electron chi connectivity index (χ4n) is 1.50. The van der Waals surface area contributed by atoms with Crippen LogP contribution in [0.4, 0.5) is 0 Å². The molecule has 6 nitrogen and oxygen atoms in total. The monoisotopic (exact) mass is 247 g/mol. The van der Waals surface area contributed by atoms with Crippen LogP contribution in [0.25, 0.3) is 11.4 Å². The number of carboxylic acids is 1. The van der Waals surface area contributed by atoms with Crippen molar-refractivity contribution in [2.75, 3.05) is 7.11 Å². The molecule has 0 saturated heterocycles. The molecule has 0 aliphatic heterocycles. The van der Waals surface area contributed by atoms with Crippen molar-refractivity contribution >= 4 is 5.97 Å². The molecule has 0 radical (unpaired) electrons. The first-order valence-electron chi connectivity index (χ1n) is 5.36. The second-order valence-electron chi connectivity index (χ2n) is 3.58. The zero-order valence-electron chi connectivity index (χ0n) is 9.75. The first-order valence-corrected chi connectivity index (χ1v) is 5.36. The van der Waals surface area contributed by atoms with Gasteiger partial charge in [0.2, 0.25) is 11.7 Å². The van der Waals surface area contributed by atoms with E-state index in [2.05, 4.69) is 10.1 Å². The first-order chi connectivity index (χ1) is 8.70. The lowest BCUT2D eigenvalue weighted by Crippen LogP contribution is -2.22. The van der Waals surface area contributed by atoms with E-state index in [1.165, 1.54) is 0 Å². The number of para-hydroxylation sites is 1. The summed E-state index contributed by atoms with van der Waals surface area (Å²) in [6.45, 7) is 0. The van der Waals surface area contributed by atoms with Crippen LogP contribution in [0, 0.1) is 0 Å². The SMILES string of the molecule is COc1ccccc1-c1noc(CCC(=O)[O-])n1. The third kappa shape index (κ3) is 2.65. The molecule has 0 amide bonds. The molecule has 0 bridgehead atoms. The van der Waals surface area contributed by atoms with Crippen molar-refractivity contribution in [3.8, 4) is 17.1 Å². The summed E-state index contributed by atoms with van der Waals surface area (Å²) in [6.07, 6.45) is 0.0119. The number of benzene rings is 1. The number of nitrogens with zero attached hydrogens (tertiary/aromatic N) is 2. The molecule has 2 aromatic rings. The Labute approximate surface area is 103 Å². The first kappa shape index (κ1) is 12.1. The molecular formula is C12H11N2O4-. The van der Waals surface area contributed by atoms with Crippen LogP contribution >= 0.6 is 0 Å². The van der Waals surface area contributed by atoms with Gasteiger partial charge in [-0.2, -0.15) is 4.98 Å². The average Bonchev–Trinajstić information content (AvgIpc) is 2.85. The number of hydrogen-bond acceptors (Lipinski definition) is 6. The number of rotatable bonds is 5. The summed E-state index contributed by atoms with van der Waals surface area (Å²) < 4.78 is 10.1.